The lowest BCUT2D eigenvalue weighted by Gasteiger charge is -2.20. The fourth-order valence-electron chi connectivity index (χ4n) is 1.41. The summed E-state index contributed by atoms with van der Waals surface area (Å²) < 4.78 is 13.7. The Morgan fingerprint density at radius 1 is 1.36 bits per heavy atom. The van der Waals surface area contributed by atoms with E-state index in [4.69, 9.17) is 9.84 Å². The van der Waals surface area contributed by atoms with E-state index in [1.54, 1.807) is 0 Å². The summed E-state index contributed by atoms with van der Waals surface area (Å²) in [7, 11) is 2.33. The van der Waals surface area contributed by atoms with Crippen molar-refractivity contribution in [1.29, 1.82) is 0 Å². The van der Waals surface area contributed by atoms with Crippen LogP contribution in [0.15, 0.2) is 0 Å². The molecule has 1 aliphatic heterocycles. The molecule has 80 valence electrons. The van der Waals surface area contributed by atoms with Crippen molar-refractivity contribution in [2.24, 2.45) is 5.41 Å². The highest BCUT2D eigenvalue weighted by atomic mass is 16.6. The Morgan fingerprint density at radius 3 is 2.14 bits per heavy atom. The normalized spacial score (nSPS) is 24.4. The van der Waals surface area contributed by atoms with Crippen LogP contribution in [0.5, 0.6) is 0 Å². The van der Waals surface area contributed by atoms with Crippen LogP contribution in [0.25, 0.3) is 0 Å². The molecule has 0 aromatic carbocycles. The minimum atomic E-state index is -1.51. The van der Waals surface area contributed by atoms with Gasteiger partial charge in [0.05, 0.1) is 20.8 Å². The molecule has 1 unspecified atom stereocenters. The van der Waals surface area contributed by atoms with Gasteiger partial charge in [0.15, 0.2) is 11.7 Å². The van der Waals surface area contributed by atoms with Crippen LogP contribution < -0.4 is 0 Å². The van der Waals surface area contributed by atoms with Crippen LogP contribution in [0.2, 0.25) is 0 Å². The van der Waals surface area contributed by atoms with Gasteiger partial charge in [-0.1, -0.05) is 0 Å². The minimum Gasteiger partial charge on any atom is -0.468 e. The molecular weight excluding hydrogens is 192 g/mol. The molecule has 14 heavy (non-hydrogen) atoms. The second-order valence-corrected chi connectivity index (χ2v) is 3.04. The second-order valence-electron chi connectivity index (χ2n) is 3.04. The highest BCUT2D eigenvalue weighted by Crippen LogP contribution is 2.34. The van der Waals surface area contributed by atoms with E-state index in [1.807, 2.05) is 0 Å². The molecule has 6 heteroatoms. The monoisotopic (exact) mass is 204 g/mol. The first-order valence-electron chi connectivity index (χ1n) is 4.03. The Hall–Kier alpha value is -1.14. The van der Waals surface area contributed by atoms with Crippen molar-refractivity contribution in [3.05, 3.63) is 0 Å². The summed E-state index contributed by atoms with van der Waals surface area (Å²) in [4.78, 5) is 22.7. The molecule has 1 rings (SSSR count). The highest BCUT2D eigenvalue weighted by Gasteiger charge is 2.54. The highest BCUT2D eigenvalue weighted by molar-refractivity contribution is 6.00. The number of ether oxygens (including phenoxy) is 3. The topological polar surface area (TPSA) is 82.1 Å². The molecule has 1 saturated heterocycles. The van der Waals surface area contributed by atoms with Gasteiger partial charge >= 0.3 is 11.9 Å². The number of carbonyl (C=O) groups excluding carboxylic acids is 2. The molecule has 6 nitrogen and oxygen atoms in total. The molecule has 0 aromatic rings. The SMILES string of the molecule is COC(=O)C1(C(=O)OC)COC(O)C1. The van der Waals surface area contributed by atoms with Crippen LogP contribution in [0.1, 0.15) is 6.42 Å². The van der Waals surface area contributed by atoms with Gasteiger partial charge in [0.1, 0.15) is 0 Å². The fourth-order valence-corrected chi connectivity index (χ4v) is 1.41. The predicted molar refractivity (Wildman–Crippen MR) is 43.0 cm³/mol. The van der Waals surface area contributed by atoms with Gasteiger partial charge in [-0.05, 0) is 0 Å². The first-order valence-corrected chi connectivity index (χ1v) is 4.03. The summed E-state index contributed by atoms with van der Waals surface area (Å²) in [6, 6.07) is 0. The molecule has 0 aromatic heterocycles. The Morgan fingerprint density at radius 2 is 1.86 bits per heavy atom. The molecule has 0 spiro atoms. The average Bonchev–Trinajstić information content (AvgIpc) is 2.59. The van der Waals surface area contributed by atoms with Crippen molar-refractivity contribution in [1.82, 2.24) is 0 Å². The van der Waals surface area contributed by atoms with E-state index in [1.165, 1.54) is 0 Å². The quantitative estimate of drug-likeness (QED) is 0.461. The van der Waals surface area contributed by atoms with Crippen LogP contribution in [-0.2, 0) is 23.8 Å². The van der Waals surface area contributed by atoms with Gasteiger partial charge in [0.25, 0.3) is 0 Å². The zero-order chi connectivity index (χ0) is 10.8. The fraction of sp³-hybridized carbons (Fsp3) is 0.750. The van der Waals surface area contributed by atoms with E-state index in [9.17, 15) is 9.59 Å². The third-order valence-electron chi connectivity index (χ3n) is 2.20. The van der Waals surface area contributed by atoms with Gasteiger partial charge in [-0.25, -0.2) is 0 Å². The van der Waals surface area contributed by atoms with Gasteiger partial charge in [-0.2, -0.15) is 0 Å². The maximum Gasteiger partial charge on any atom is 0.325 e. The third kappa shape index (κ3) is 1.58. The predicted octanol–water partition coefficient (Wildman–Crippen LogP) is -0.943. The van der Waals surface area contributed by atoms with E-state index >= 15 is 0 Å². The number of rotatable bonds is 2. The van der Waals surface area contributed by atoms with Gasteiger partial charge in [0, 0.05) is 6.42 Å². The lowest BCUT2D eigenvalue weighted by atomic mass is 9.87. The van der Waals surface area contributed by atoms with Gasteiger partial charge < -0.3 is 19.3 Å². The standard InChI is InChI=1S/C8H12O6/c1-12-6(10)8(7(11)13-2)3-5(9)14-4-8/h5,9H,3-4H2,1-2H3. The van der Waals surface area contributed by atoms with Gasteiger partial charge in [-0.15, -0.1) is 0 Å². The second kappa shape index (κ2) is 3.93. The number of aliphatic hydroxyl groups is 1. The zero-order valence-corrected chi connectivity index (χ0v) is 7.98. The summed E-state index contributed by atoms with van der Waals surface area (Å²) in [6.45, 7) is -0.215. The van der Waals surface area contributed by atoms with Crippen LogP contribution in [0.3, 0.4) is 0 Å². The van der Waals surface area contributed by atoms with Crippen LogP contribution in [0, 0.1) is 5.41 Å². The number of hydrogen-bond donors (Lipinski definition) is 1. The third-order valence-corrected chi connectivity index (χ3v) is 2.20. The molecule has 0 aliphatic carbocycles. The first-order chi connectivity index (χ1) is 6.56. The number of methoxy groups -OCH3 is 2. The Balaban J connectivity index is 2.91. The molecule has 1 atom stereocenters. The van der Waals surface area contributed by atoms with Crippen molar-refractivity contribution in [2.75, 3.05) is 20.8 Å². The zero-order valence-electron chi connectivity index (χ0n) is 7.98. The molecule has 0 radical (unpaired) electrons. The molecule has 0 amide bonds. The minimum absolute atomic E-state index is 0.133. The van der Waals surface area contributed by atoms with Crippen LogP contribution >= 0.6 is 0 Å². The van der Waals surface area contributed by atoms with E-state index in [2.05, 4.69) is 9.47 Å². The number of hydrogen-bond acceptors (Lipinski definition) is 6. The van der Waals surface area contributed by atoms with Crippen molar-refractivity contribution < 1.29 is 28.9 Å². The van der Waals surface area contributed by atoms with Gasteiger partial charge in [0.2, 0.25) is 0 Å². The summed E-state index contributed by atoms with van der Waals surface area (Å²) in [5.74, 6) is -1.50. The molecule has 1 N–H and O–H groups in total. The van der Waals surface area contributed by atoms with E-state index < -0.39 is 23.6 Å². The number of aliphatic hydroxyl groups excluding tert-OH is 1. The van der Waals surface area contributed by atoms with Crippen molar-refractivity contribution >= 4 is 11.9 Å². The van der Waals surface area contributed by atoms with Crippen molar-refractivity contribution in [3.63, 3.8) is 0 Å². The van der Waals surface area contributed by atoms with Crippen LogP contribution in [0.4, 0.5) is 0 Å². The van der Waals surface area contributed by atoms with E-state index in [0.717, 1.165) is 14.2 Å². The number of carbonyl (C=O) groups is 2. The van der Waals surface area contributed by atoms with Crippen LogP contribution in [-0.4, -0.2) is 44.2 Å². The molecule has 0 bridgehead atoms. The molecule has 1 aliphatic rings. The lowest BCUT2D eigenvalue weighted by molar-refractivity contribution is -0.168. The van der Waals surface area contributed by atoms with Crippen molar-refractivity contribution in [3.8, 4) is 0 Å². The Bertz CT molecular complexity index is 232. The number of esters is 2. The maximum atomic E-state index is 11.4. The Labute approximate surface area is 80.7 Å². The van der Waals surface area contributed by atoms with E-state index in [0.29, 0.717) is 0 Å². The van der Waals surface area contributed by atoms with Crippen molar-refractivity contribution in [2.45, 2.75) is 12.7 Å². The lowest BCUT2D eigenvalue weighted by Crippen LogP contribution is -2.42. The first kappa shape index (κ1) is 10.9. The van der Waals surface area contributed by atoms with E-state index in [-0.39, 0.29) is 13.0 Å². The summed E-state index contributed by atoms with van der Waals surface area (Å²) in [5, 5.41) is 9.12. The molecule has 1 heterocycles. The summed E-state index contributed by atoms with van der Waals surface area (Å²) in [5.41, 5.74) is -1.51. The summed E-state index contributed by atoms with van der Waals surface area (Å²) >= 11 is 0. The smallest absolute Gasteiger partial charge is 0.325 e. The summed E-state index contributed by atoms with van der Waals surface area (Å²) in [6.07, 6.45) is -1.26. The average molecular weight is 204 g/mol. The molecule has 1 fully saturated rings. The van der Waals surface area contributed by atoms with Gasteiger partial charge in [-0.3, -0.25) is 9.59 Å². The Kier molecular flexibility index (Phi) is 3.07. The largest absolute Gasteiger partial charge is 0.468 e. The maximum absolute atomic E-state index is 11.4. The molecular formula is C8H12O6. The molecule has 0 saturated carbocycles.